The van der Waals surface area contributed by atoms with Crippen LogP contribution in [0.25, 0.3) is 0 Å². The lowest BCUT2D eigenvalue weighted by Crippen LogP contribution is -2.56. The SMILES string of the molecule is [2H]c1c(CCO)nnn1[C@@H]1O[C@H](CO)[C@H](O)[C@H](O)[C@H]1O. The summed E-state index contributed by atoms with van der Waals surface area (Å²) in [5.41, 5.74) is 0.212. The van der Waals surface area contributed by atoms with Gasteiger partial charge in [0, 0.05) is 13.0 Å². The van der Waals surface area contributed by atoms with Crippen LogP contribution in [-0.2, 0) is 11.2 Å². The van der Waals surface area contributed by atoms with Crippen molar-refractivity contribution in [2.45, 2.75) is 37.1 Å². The zero-order valence-corrected chi connectivity index (χ0v) is 9.99. The summed E-state index contributed by atoms with van der Waals surface area (Å²) in [6, 6.07) is 0. The van der Waals surface area contributed by atoms with Gasteiger partial charge in [-0.25, -0.2) is 4.68 Å². The lowest BCUT2D eigenvalue weighted by Gasteiger charge is -2.39. The van der Waals surface area contributed by atoms with Crippen LogP contribution in [0.4, 0.5) is 0 Å². The zero-order chi connectivity index (χ0) is 14.9. The number of ether oxygens (including phenoxy) is 1. The molecule has 0 aromatic carbocycles. The van der Waals surface area contributed by atoms with Crippen molar-refractivity contribution in [2.24, 2.45) is 0 Å². The molecule has 19 heavy (non-hydrogen) atoms. The van der Waals surface area contributed by atoms with Gasteiger partial charge in [0.2, 0.25) is 0 Å². The van der Waals surface area contributed by atoms with E-state index in [1.165, 1.54) is 0 Å². The molecule has 0 bridgehead atoms. The number of nitrogens with zero attached hydrogens (tertiary/aromatic N) is 3. The molecule has 5 N–H and O–H groups in total. The molecule has 2 heterocycles. The third-order valence-corrected chi connectivity index (χ3v) is 2.96. The quantitative estimate of drug-likeness (QED) is 0.387. The highest BCUT2D eigenvalue weighted by Gasteiger charge is 2.44. The molecular formula is C10H17N3O6. The first kappa shape index (κ1) is 12.9. The molecule has 0 amide bonds. The standard InChI is InChI=1S/C10H17N3O6/c14-2-1-5-3-13(12-11-5)10-9(18)8(17)7(16)6(4-15)19-10/h3,6-10,14-18H,1-2,4H2/t6-,7+,8+,9-,10-/m1/s1/i3D. The molecule has 1 aromatic heterocycles. The number of aliphatic hydroxyl groups is 5. The number of rotatable bonds is 4. The fraction of sp³-hybridized carbons (Fsp3) is 0.800. The molecular weight excluding hydrogens is 258 g/mol. The van der Waals surface area contributed by atoms with Crippen LogP contribution in [0, 0.1) is 0 Å². The van der Waals surface area contributed by atoms with Crippen LogP contribution in [0.5, 0.6) is 0 Å². The average molecular weight is 276 g/mol. The van der Waals surface area contributed by atoms with E-state index in [2.05, 4.69) is 10.3 Å². The molecule has 1 aromatic rings. The normalized spacial score (nSPS) is 36.3. The largest absolute Gasteiger partial charge is 0.396 e. The summed E-state index contributed by atoms with van der Waals surface area (Å²) >= 11 is 0. The van der Waals surface area contributed by atoms with Crippen molar-refractivity contribution < 1.29 is 31.6 Å². The van der Waals surface area contributed by atoms with Gasteiger partial charge in [-0.15, -0.1) is 5.10 Å². The summed E-state index contributed by atoms with van der Waals surface area (Å²) in [6.07, 6.45) is -6.93. The van der Waals surface area contributed by atoms with Crippen LogP contribution in [0.2, 0.25) is 0 Å². The lowest BCUT2D eigenvalue weighted by molar-refractivity contribution is -0.254. The molecule has 1 aliphatic rings. The summed E-state index contributed by atoms with van der Waals surface area (Å²) < 4.78 is 14.0. The summed E-state index contributed by atoms with van der Waals surface area (Å²) in [4.78, 5) is 0. The average Bonchev–Trinajstić information content (AvgIpc) is 2.79. The van der Waals surface area contributed by atoms with Gasteiger partial charge in [0.25, 0.3) is 0 Å². The van der Waals surface area contributed by atoms with E-state index < -0.39 is 37.3 Å². The van der Waals surface area contributed by atoms with E-state index in [4.69, 9.17) is 16.3 Å². The van der Waals surface area contributed by atoms with E-state index in [0.29, 0.717) is 0 Å². The predicted octanol–water partition coefficient (Wildman–Crippen LogP) is -3.21. The molecule has 0 aliphatic carbocycles. The molecule has 0 radical (unpaired) electrons. The van der Waals surface area contributed by atoms with Crippen molar-refractivity contribution in [1.82, 2.24) is 15.0 Å². The van der Waals surface area contributed by atoms with Gasteiger partial charge in [-0.2, -0.15) is 0 Å². The van der Waals surface area contributed by atoms with Gasteiger partial charge in [-0.1, -0.05) is 5.21 Å². The fourth-order valence-electron chi connectivity index (χ4n) is 1.89. The van der Waals surface area contributed by atoms with Gasteiger partial charge >= 0.3 is 0 Å². The van der Waals surface area contributed by atoms with Crippen LogP contribution in [0.3, 0.4) is 0 Å². The molecule has 1 aliphatic heterocycles. The van der Waals surface area contributed by atoms with Crippen LogP contribution in [-0.4, -0.2) is 78.2 Å². The Bertz CT molecular complexity index is 456. The van der Waals surface area contributed by atoms with Gasteiger partial charge < -0.3 is 30.3 Å². The van der Waals surface area contributed by atoms with Crippen molar-refractivity contribution in [3.8, 4) is 0 Å². The molecule has 5 atom stereocenters. The van der Waals surface area contributed by atoms with Crippen molar-refractivity contribution in [1.29, 1.82) is 0 Å². The van der Waals surface area contributed by atoms with E-state index in [-0.39, 0.29) is 24.9 Å². The monoisotopic (exact) mass is 276 g/mol. The zero-order valence-electron chi connectivity index (χ0n) is 11.0. The Morgan fingerprint density at radius 2 is 2.00 bits per heavy atom. The second kappa shape index (κ2) is 5.90. The minimum Gasteiger partial charge on any atom is -0.396 e. The maximum atomic E-state index is 9.90. The molecule has 9 nitrogen and oxygen atoms in total. The Labute approximate surface area is 110 Å². The fourth-order valence-corrected chi connectivity index (χ4v) is 1.89. The summed E-state index contributed by atoms with van der Waals surface area (Å²) in [5, 5.41) is 54.5. The van der Waals surface area contributed by atoms with Gasteiger partial charge in [0.1, 0.15) is 24.4 Å². The minimum absolute atomic E-state index is 0.121. The maximum Gasteiger partial charge on any atom is 0.180 e. The molecule has 108 valence electrons. The molecule has 1 fully saturated rings. The van der Waals surface area contributed by atoms with Crippen molar-refractivity contribution >= 4 is 0 Å². The Hall–Kier alpha value is -1.10. The highest BCUT2D eigenvalue weighted by Crippen LogP contribution is 2.27. The Morgan fingerprint density at radius 3 is 2.63 bits per heavy atom. The number of hydrogen-bond donors (Lipinski definition) is 5. The topological polar surface area (TPSA) is 141 Å². The van der Waals surface area contributed by atoms with E-state index >= 15 is 0 Å². The molecule has 0 spiro atoms. The molecule has 2 rings (SSSR count). The first-order chi connectivity index (χ1) is 9.51. The Balaban J connectivity index is 2.26. The number of aromatic nitrogens is 3. The van der Waals surface area contributed by atoms with Crippen LogP contribution < -0.4 is 0 Å². The molecule has 1 saturated heterocycles. The van der Waals surface area contributed by atoms with Crippen molar-refractivity contribution in [2.75, 3.05) is 13.2 Å². The van der Waals surface area contributed by atoms with E-state index in [1.54, 1.807) is 0 Å². The van der Waals surface area contributed by atoms with Crippen LogP contribution >= 0.6 is 0 Å². The third kappa shape index (κ3) is 2.76. The van der Waals surface area contributed by atoms with E-state index in [9.17, 15) is 15.3 Å². The molecule has 0 unspecified atom stereocenters. The smallest absolute Gasteiger partial charge is 0.180 e. The predicted molar refractivity (Wildman–Crippen MR) is 59.8 cm³/mol. The van der Waals surface area contributed by atoms with Crippen LogP contribution in [0.15, 0.2) is 6.17 Å². The van der Waals surface area contributed by atoms with Crippen molar-refractivity contribution in [3.05, 3.63) is 11.9 Å². The Kier molecular flexibility index (Phi) is 4.01. The van der Waals surface area contributed by atoms with E-state index in [0.717, 1.165) is 4.68 Å². The second-order valence-corrected chi connectivity index (χ2v) is 4.29. The lowest BCUT2D eigenvalue weighted by atomic mass is 9.98. The highest BCUT2D eigenvalue weighted by molar-refractivity contribution is 4.96. The van der Waals surface area contributed by atoms with Crippen LogP contribution in [0.1, 0.15) is 13.3 Å². The van der Waals surface area contributed by atoms with Gasteiger partial charge in [-0.3, -0.25) is 0 Å². The highest BCUT2D eigenvalue weighted by atomic mass is 16.6. The Morgan fingerprint density at radius 1 is 1.26 bits per heavy atom. The van der Waals surface area contributed by atoms with Gasteiger partial charge in [-0.05, 0) is 0 Å². The summed E-state index contributed by atoms with van der Waals surface area (Å²) in [5.74, 6) is 0. The molecule has 9 heteroatoms. The first-order valence-electron chi connectivity index (χ1n) is 6.33. The first-order valence-corrected chi connectivity index (χ1v) is 5.83. The minimum atomic E-state index is -1.55. The van der Waals surface area contributed by atoms with Crippen molar-refractivity contribution in [3.63, 3.8) is 0 Å². The second-order valence-electron chi connectivity index (χ2n) is 4.29. The van der Waals surface area contributed by atoms with E-state index in [1.807, 2.05) is 0 Å². The summed E-state index contributed by atoms with van der Waals surface area (Å²) in [6.45, 7) is -0.772. The van der Waals surface area contributed by atoms with Gasteiger partial charge in [0.15, 0.2) is 6.23 Å². The summed E-state index contributed by atoms with van der Waals surface area (Å²) in [7, 11) is 0. The molecule has 0 saturated carbocycles. The number of aliphatic hydroxyl groups excluding tert-OH is 5. The maximum absolute atomic E-state index is 9.90. The third-order valence-electron chi connectivity index (χ3n) is 2.96. The number of hydrogen-bond acceptors (Lipinski definition) is 8. The van der Waals surface area contributed by atoms with Gasteiger partial charge in [0.05, 0.1) is 19.8 Å².